The van der Waals surface area contributed by atoms with E-state index in [0.29, 0.717) is 6.04 Å². The summed E-state index contributed by atoms with van der Waals surface area (Å²) in [4.78, 5) is 3.17. The van der Waals surface area contributed by atoms with Crippen molar-refractivity contribution in [1.29, 1.82) is 0 Å². The quantitative estimate of drug-likeness (QED) is 0.417. The molecule has 0 radical (unpaired) electrons. The number of hydrogen-bond donors (Lipinski definition) is 1. The lowest BCUT2D eigenvalue weighted by atomic mass is 10.4. The van der Waals surface area contributed by atoms with Crippen LogP contribution in [0.5, 0.6) is 0 Å². The van der Waals surface area contributed by atoms with Crippen molar-refractivity contribution in [2.45, 2.75) is 19.9 Å². The summed E-state index contributed by atoms with van der Waals surface area (Å²) in [5, 5.41) is 0. The van der Waals surface area contributed by atoms with E-state index in [2.05, 4.69) is 18.8 Å². The summed E-state index contributed by atoms with van der Waals surface area (Å²) in [7, 11) is 1.12. The van der Waals surface area contributed by atoms with Crippen LogP contribution >= 0.6 is 0 Å². The van der Waals surface area contributed by atoms with Gasteiger partial charge in [-0.25, -0.2) is 0 Å². The summed E-state index contributed by atoms with van der Waals surface area (Å²) in [5.74, 6) is 0. The first kappa shape index (κ1) is 5.18. The Morgan fingerprint density at radius 1 is 1.60 bits per heavy atom. The second-order valence-corrected chi connectivity index (χ2v) is 2.02. The van der Waals surface area contributed by atoms with Gasteiger partial charge in [0.1, 0.15) is 0 Å². The highest BCUT2D eigenvalue weighted by Crippen LogP contribution is 1.66. The molecular formula is C3H11NSi. The molecule has 0 aromatic heterocycles. The third-order valence-electron chi connectivity index (χ3n) is 0.577. The average molecular weight is 89.2 g/mol. The van der Waals surface area contributed by atoms with Crippen molar-refractivity contribution >= 4 is 10.4 Å². The van der Waals surface area contributed by atoms with Gasteiger partial charge < -0.3 is 4.98 Å². The summed E-state index contributed by atoms with van der Waals surface area (Å²) in [6, 6.07) is 0.696. The van der Waals surface area contributed by atoms with E-state index >= 15 is 0 Å². The van der Waals surface area contributed by atoms with E-state index in [-0.39, 0.29) is 0 Å². The molecular weight excluding hydrogens is 78.1 g/mol. The standard InChI is InChI=1S/C3H11NSi/c1-3(2)4-5/h3-4H,1-2,5H3. The average Bonchev–Trinajstić information content (AvgIpc) is 1.38. The maximum absolute atomic E-state index is 3.17. The Balaban J connectivity index is 2.54. The molecule has 0 atom stereocenters. The van der Waals surface area contributed by atoms with E-state index in [9.17, 15) is 0 Å². The molecule has 1 N–H and O–H groups in total. The Bertz CT molecular complexity index is 20.9. The van der Waals surface area contributed by atoms with Gasteiger partial charge in [0.15, 0.2) is 0 Å². The maximum Gasteiger partial charge on any atom is 0.0752 e. The van der Waals surface area contributed by atoms with E-state index < -0.39 is 0 Å². The molecule has 2 heteroatoms. The highest BCUT2D eigenvalue weighted by atomic mass is 28.2. The van der Waals surface area contributed by atoms with E-state index in [4.69, 9.17) is 0 Å². The molecule has 0 saturated heterocycles. The molecule has 0 unspecified atom stereocenters. The molecule has 0 amide bonds. The van der Waals surface area contributed by atoms with Crippen LogP contribution in [-0.2, 0) is 0 Å². The SMILES string of the molecule is CC(C)N[SiH3]. The number of rotatable bonds is 1. The molecule has 0 fully saturated rings. The van der Waals surface area contributed by atoms with Crippen molar-refractivity contribution in [3.05, 3.63) is 0 Å². The van der Waals surface area contributed by atoms with Crippen molar-refractivity contribution in [2.75, 3.05) is 0 Å². The molecule has 1 nitrogen and oxygen atoms in total. The van der Waals surface area contributed by atoms with Crippen LogP contribution in [0, 0.1) is 0 Å². The first-order valence-corrected chi connectivity index (χ1v) is 2.94. The smallest absolute Gasteiger partial charge is 0.0752 e. The third-order valence-corrected chi connectivity index (χ3v) is 1.73. The van der Waals surface area contributed by atoms with Crippen LogP contribution < -0.4 is 4.98 Å². The largest absolute Gasteiger partial charge is 0.343 e. The van der Waals surface area contributed by atoms with E-state index in [0.717, 1.165) is 10.4 Å². The van der Waals surface area contributed by atoms with E-state index in [1.165, 1.54) is 0 Å². The van der Waals surface area contributed by atoms with Gasteiger partial charge in [0, 0.05) is 0 Å². The minimum Gasteiger partial charge on any atom is -0.343 e. The zero-order valence-corrected chi connectivity index (χ0v) is 6.08. The van der Waals surface area contributed by atoms with E-state index in [1.807, 2.05) is 0 Å². The van der Waals surface area contributed by atoms with Crippen LogP contribution in [0.15, 0.2) is 0 Å². The summed E-state index contributed by atoms with van der Waals surface area (Å²) < 4.78 is 0. The maximum atomic E-state index is 3.17. The van der Waals surface area contributed by atoms with Crippen molar-refractivity contribution in [3.8, 4) is 0 Å². The van der Waals surface area contributed by atoms with Crippen molar-refractivity contribution < 1.29 is 0 Å². The van der Waals surface area contributed by atoms with Gasteiger partial charge in [0.25, 0.3) is 0 Å². The molecule has 0 saturated carbocycles. The Morgan fingerprint density at radius 3 is 1.80 bits per heavy atom. The lowest BCUT2D eigenvalue weighted by molar-refractivity contribution is 0.761. The van der Waals surface area contributed by atoms with Gasteiger partial charge >= 0.3 is 0 Å². The predicted molar refractivity (Wildman–Crippen MR) is 28.2 cm³/mol. The van der Waals surface area contributed by atoms with Gasteiger partial charge in [-0.15, -0.1) is 0 Å². The van der Waals surface area contributed by atoms with Gasteiger partial charge in [0.2, 0.25) is 0 Å². The third kappa shape index (κ3) is 4.18. The molecule has 0 rings (SSSR count). The Hall–Kier alpha value is 0.177. The van der Waals surface area contributed by atoms with E-state index in [1.54, 1.807) is 0 Å². The van der Waals surface area contributed by atoms with Crippen LogP contribution in [0.1, 0.15) is 13.8 Å². The number of hydrogen-bond acceptors (Lipinski definition) is 1. The van der Waals surface area contributed by atoms with Crippen LogP contribution in [0.2, 0.25) is 0 Å². The van der Waals surface area contributed by atoms with Crippen LogP contribution in [0.3, 0.4) is 0 Å². The van der Waals surface area contributed by atoms with Crippen LogP contribution in [0.25, 0.3) is 0 Å². The molecule has 5 heavy (non-hydrogen) atoms. The van der Waals surface area contributed by atoms with Gasteiger partial charge in [0.05, 0.1) is 10.4 Å². The second-order valence-electron chi connectivity index (χ2n) is 1.44. The number of nitrogens with one attached hydrogen (secondary N) is 1. The Kier molecular flexibility index (Phi) is 2.50. The fourth-order valence-corrected chi connectivity index (χ4v) is 0. The fourth-order valence-electron chi connectivity index (χ4n) is 0. The summed E-state index contributed by atoms with van der Waals surface area (Å²) in [6.45, 7) is 4.29. The highest BCUT2D eigenvalue weighted by Gasteiger charge is 1.76. The summed E-state index contributed by atoms with van der Waals surface area (Å²) in [5.41, 5.74) is 0. The molecule has 0 spiro atoms. The molecule has 0 aliphatic heterocycles. The molecule has 0 aromatic carbocycles. The molecule has 0 aliphatic carbocycles. The lowest BCUT2D eigenvalue weighted by Gasteiger charge is -1.95. The van der Waals surface area contributed by atoms with Gasteiger partial charge in [-0.2, -0.15) is 0 Å². The minimum absolute atomic E-state index is 0.696. The van der Waals surface area contributed by atoms with Crippen molar-refractivity contribution in [3.63, 3.8) is 0 Å². The first-order valence-electron chi connectivity index (χ1n) is 1.94. The summed E-state index contributed by atoms with van der Waals surface area (Å²) >= 11 is 0. The van der Waals surface area contributed by atoms with Crippen LogP contribution in [0.4, 0.5) is 0 Å². The molecule has 0 heterocycles. The summed E-state index contributed by atoms with van der Waals surface area (Å²) in [6.07, 6.45) is 0. The first-order chi connectivity index (χ1) is 2.27. The van der Waals surface area contributed by atoms with Crippen LogP contribution in [-0.4, -0.2) is 16.4 Å². The monoisotopic (exact) mass is 89.1 g/mol. The topological polar surface area (TPSA) is 12.0 Å². The van der Waals surface area contributed by atoms with Crippen molar-refractivity contribution in [2.24, 2.45) is 0 Å². The Labute approximate surface area is 36.3 Å². The second kappa shape index (κ2) is 2.42. The molecule has 0 aromatic rings. The van der Waals surface area contributed by atoms with Gasteiger partial charge in [-0.1, -0.05) is 13.8 Å². The predicted octanol–water partition coefficient (Wildman–Crippen LogP) is -0.735. The molecule has 0 aliphatic rings. The Morgan fingerprint density at radius 2 is 1.80 bits per heavy atom. The van der Waals surface area contributed by atoms with Crippen molar-refractivity contribution in [1.82, 2.24) is 4.98 Å². The fraction of sp³-hybridized carbons (Fsp3) is 1.00. The molecule has 0 bridgehead atoms. The highest BCUT2D eigenvalue weighted by molar-refractivity contribution is 6.04. The zero-order chi connectivity index (χ0) is 4.28. The lowest BCUT2D eigenvalue weighted by Crippen LogP contribution is -2.17. The van der Waals surface area contributed by atoms with Gasteiger partial charge in [-0.3, -0.25) is 0 Å². The zero-order valence-electron chi connectivity index (χ0n) is 4.08. The normalized spacial score (nSPS) is 10.2. The van der Waals surface area contributed by atoms with Gasteiger partial charge in [-0.05, 0) is 6.04 Å². The molecule has 32 valence electrons. The minimum atomic E-state index is 0.696.